The van der Waals surface area contributed by atoms with E-state index in [0.29, 0.717) is 46.5 Å². The molecule has 0 saturated carbocycles. The summed E-state index contributed by atoms with van der Waals surface area (Å²) in [6.45, 7) is 14.6. The van der Waals surface area contributed by atoms with Crippen LogP contribution in [-0.4, -0.2) is 124 Å². The van der Waals surface area contributed by atoms with Gasteiger partial charge in [-0.1, -0.05) is 63.8 Å². The van der Waals surface area contributed by atoms with Gasteiger partial charge in [0, 0.05) is 63.4 Å². The lowest BCUT2D eigenvalue weighted by Crippen LogP contribution is -2.34. The Labute approximate surface area is 415 Å². The number of ether oxygens (including phenoxy) is 10. The van der Waals surface area contributed by atoms with Crippen LogP contribution in [0.5, 0.6) is 11.5 Å². The molecule has 71 heavy (non-hydrogen) atoms. The highest BCUT2D eigenvalue weighted by Crippen LogP contribution is 2.38. The Hall–Kier alpha value is -5.73. The molecule has 4 aromatic rings. The van der Waals surface area contributed by atoms with Crippen molar-refractivity contribution in [1.29, 1.82) is 0 Å². The van der Waals surface area contributed by atoms with Crippen molar-refractivity contribution in [2.45, 2.75) is 130 Å². The minimum absolute atomic E-state index is 0. The molecule has 6 heterocycles. The number of carbonyl (C=O) groups is 3. The predicted molar refractivity (Wildman–Crippen MR) is 265 cm³/mol. The first-order valence-electron chi connectivity index (χ1n) is 23.5. The van der Waals surface area contributed by atoms with Crippen molar-refractivity contribution in [2.24, 2.45) is 25.9 Å². The fourth-order valence-corrected chi connectivity index (χ4v) is 8.69. The fraction of sp³-hybridized carbons (Fsp3) is 0.528. The quantitative estimate of drug-likeness (QED) is 0.111. The van der Waals surface area contributed by atoms with Crippen LogP contribution in [0.25, 0.3) is 34.2 Å². The molecule has 2 fully saturated rings. The molecule has 2 saturated heterocycles. The normalized spacial score (nSPS) is 28.4. The summed E-state index contributed by atoms with van der Waals surface area (Å²) in [6.07, 6.45) is 14.4. The van der Waals surface area contributed by atoms with Crippen molar-refractivity contribution >= 4 is 51.9 Å². The van der Waals surface area contributed by atoms with Crippen molar-refractivity contribution in [1.82, 2.24) is 19.1 Å². The van der Waals surface area contributed by atoms with Crippen molar-refractivity contribution in [2.75, 3.05) is 27.8 Å². The number of benzene rings is 2. The van der Waals surface area contributed by atoms with Gasteiger partial charge in [0.2, 0.25) is 0 Å². The summed E-state index contributed by atoms with van der Waals surface area (Å²) >= 11 is 0. The second kappa shape index (κ2) is 22.8. The van der Waals surface area contributed by atoms with Crippen LogP contribution in [-0.2, 0) is 56.8 Å². The summed E-state index contributed by atoms with van der Waals surface area (Å²) in [5.74, 6) is -2.64. The number of aliphatic hydroxyl groups is 1. The van der Waals surface area contributed by atoms with Crippen molar-refractivity contribution in [3.8, 4) is 11.5 Å². The number of hydrogen-bond acceptors (Lipinski definition) is 16. The molecule has 0 amide bonds. The minimum Gasteiger partial charge on any atom is -0.467 e. The van der Waals surface area contributed by atoms with Gasteiger partial charge in [-0.15, -0.1) is 0 Å². The number of aromatic nitrogens is 4. The third-order valence-corrected chi connectivity index (χ3v) is 12.7. The smallest absolute Gasteiger partial charge is 0.342 e. The lowest BCUT2D eigenvalue weighted by atomic mass is 9.98. The zero-order valence-electron chi connectivity index (χ0n) is 42.0. The first kappa shape index (κ1) is 54.6. The van der Waals surface area contributed by atoms with Gasteiger partial charge in [0.05, 0.1) is 46.9 Å². The molecule has 2 aromatic carbocycles. The third-order valence-electron chi connectivity index (χ3n) is 12.7. The SMILES string of the molecule is C.COCOc1cc2c(ncn2C)c2c1C(=O)O[C@@H](C)[C@H](C)/C=C\C(=O)[C@H]1OC(C)(C)O[C@H]1CC=C2.COCOc1cc2c(ncn2C)c2c1C(=O)O[C@@H](C)[C@H](C)/C=C\C(O)[C@H]1OC(C)(C)O[C@H]1CC=C2. The summed E-state index contributed by atoms with van der Waals surface area (Å²) in [4.78, 5) is 48.9. The van der Waals surface area contributed by atoms with E-state index < -0.39 is 60.1 Å². The number of fused-ring (bicyclic) bond motifs is 8. The average Bonchev–Trinajstić information content (AvgIpc) is 4.05. The molecule has 4 aliphatic rings. The highest BCUT2D eigenvalue weighted by molar-refractivity contribution is 6.05. The molecule has 386 valence electrons. The van der Waals surface area contributed by atoms with Crippen LogP contribution in [0.1, 0.15) is 108 Å². The number of aliphatic hydroxyl groups excluding tert-OH is 1. The molecule has 4 aliphatic heterocycles. The molecule has 18 heteroatoms. The number of rotatable bonds is 6. The third kappa shape index (κ3) is 12.3. The second-order valence-electron chi connectivity index (χ2n) is 19.0. The zero-order valence-corrected chi connectivity index (χ0v) is 42.0. The molecular weight excluding hydrogens is 917 g/mol. The number of ketones is 1. The molecule has 9 atom stereocenters. The van der Waals surface area contributed by atoms with Crippen LogP contribution in [0.3, 0.4) is 0 Å². The summed E-state index contributed by atoms with van der Waals surface area (Å²) < 4.78 is 61.2. The molecule has 2 aromatic heterocycles. The Kier molecular flexibility index (Phi) is 17.5. The number of esters is 2. The Morgan fingerprint density at radius 2 is 1.13 bits per heavy atom. The summed E-state index contributed by atoms with van der Waals surface area (Å²) in [6, 6.07) is 3.53. The van der Waals surface area contributed by atoms with Gasteiger partial charge in [0.15, 0.2) is 30.9 Å². The number of aryl methyl sites for hydroxylation is 2. The van der Waals surface area contributed by atoms with Gasteiger partial charge in [0.1, 0.15) is 53.1 Å². The monoisotopic (exact) mass is 986 g/mol. The van der Waals surface area contributed by atoms with Crippen LogP contribution in [0.2, 0.25) is 0 Å². The van der Waals surface area contributed by atoms with E-state index in [4.69, 9.17) is 47.4 Å². The molecule has 1 unspecified atom stereocenters. The van der Waals surface area contributed by atoms with E-state index in [1.807, 2.05) is 82.2 Å². The Balaban J connectivity index is 0.000000229. The molecule has 0 radical (unpaired) electrons. The van der Waals surface area contributed by atoms with Crippen LogP contribution in [0.4, 0.5) is 0 Å². The maximum atomic E-state index is 13.5. The number of nitrogens with zero attached hydrogens (tertiary/aromatic N) is 4. The fourth-order valence-electron chi connectivity index (χ4n) is 8.69. The summed E-state index contributed by atoms with van der Waals surface area (Å²) in [7, 11) is 6.77. The lowest BCUT2D eigenvalue weighted by molar-refractivity contribution is -0.152. The van der Waals surface area contributed by atoms with Crippen molar-refractivity contribution < 1.29 is 66.9 Å². The van der Waals surface area contributed by atoms with E-state index in [-0.39, 0.29) is 55.9 Å². The van der Waals surface area contributed by atoms with Crippen molar-refractivity contribution in [3.05, 3.63) is 83.5 Å². The number of imidazole rings is 2. The van der Waals surface area contributed by atoms with Gasteiger partial charge in [-0.2, -0.15) is 0 Å². The van der Waals surface area contributed by atoms with Crippen LogP contribution >= 0.6 is 0 Å². The topological polar surface area (TPSA) is 199 Å². The highest BCUT2D eigenvalue weighted by atomic mass is 16.8. The van der Waals surface area contributed by atoms with E-state index in [1.165, 1.54) is 20.3 Å². The number of hydrogen-bond donors (Lipinski definition) is 1. The van der Waals surface area contributed by atoms with E-state index in [9.17, 15) is 19.5 Å². The Morgan fingerprint density at radius 1 is 0.662 bits per heavy atom. The van der Waals surface area contributed by atoms with Crippen LogP contribution < -0.4 is 9.47 Å². The van der Waals surface area contributed by atoms with Crippen LogP contribution in [0.15, 0.2) is 61.2 Å². The van der Waals surface area contributed by atoms with E-state index in [1.54, 1.807) is 63.8 Å². The summed E-state index contributed by atoms with van der Waals surface area (Å²) in [5.41, 5.74) is 4.55. The maximum Gasteiger partial charge on any atom is 0.342 e. The molecule has 0 spiro atoms. The van der Waals surface area contributed by atoms with Gasteiger partial charge in [-0.3, -0.25) is 4.79 Å². The number of methoxy groups -OCH3 is 2. The first-order valence-corrected chi connectivity index (χ1v) is 23.5. The van der Waals surface area contributed by atoms with Gasteiger partial charge in [-0.05, 0) is 60.5 Å². The molecule has 0 bridgehead atoms. The largest absolute Gasteiger partial charge is 0.467 e. The summed E-state index contributed by atoms with van der Waals surface area (Å²) in [5, 5.41) is 10.8. The molecule has 8 rings (SSSR count). The highest BCUT2D eigenvalue weighted by Gasteiger charge is 2.45. The average molecular weight is 987 g/mol. The van der Waals surface area contributed by atoms with Crippen LogP contribution in [0, 0.1) is 11.8 Å². The maximum absolute atomic E-state index is 13.5. The van der Waals surface area contributed by atoms with E-state index >= 15 is 0 Å². The van der Waals surface area contributed by atoms with Gasteiger partial charge < -0.3 is 61.6 Å². The first-order chi connectivity index (χ1) is 33.2. The van der Waals surface area contributed by atoms with Crippen molar-refractivity contribution in [3.63, 3.8) is 0 Å². The Bertz CT molecular complexity index is 2680. The van der Waals surface area contributed by atoms with Gasteiger partial charge >= 0.3 is 11.9 Å². The zero-order chi connectivity index (χ0) is 50.7. The molecule has 0 aliphatic carbocycles. The molecule has 1 N–H and O–H groups in total. The standard InChI is InChI=1S/C26H34N2O7.C26H32N2O7.CH4/c2*1-15-10-11-19(29)24-20(34-26(3,4)35-24)9-7-8-17-22(25(30)33-16(15)2)21(32-14-31-6)12-18-23(17)27-13-28(18)5;/h7-8,10-13,15-16,19-20,24,29H,9,14H2,1-6H3;7-8,10-13,15-16,20,24H,9,14H2,1-6H3;1H4/b2*8-7?,11-10-;/t15-,16+,19?,20+,24-;15-,16+,20+,24-;/m11./s1. The van der Waals surface area contributed by atoms with E-state index in [0.717, 1.165) is 11.0 Å². The van der Waals surface area contributed by atoms with E-state index in [2.05, 4.69) is 9.97 Å². The van der Waals surface area contributed by atoms with Gasteiger partial charge in [0.25, 0.3) is 0 Å². The lowest BCUT2D eigenvalue weighted by Gasteiger charge is -2.23. The number of cyclic esters (lactones) is 2. The second-order valence-corrected chi connectivity index (χ2v) is 19.0. The molecular formula is C53H70N4O14. The molecule has 18 nitrogen and oxygen atoms in total. The minimum atomic E-state index is -0.883. The Morgan fingerprint density at radius 3 is 1.63 bits per heavy atom. The predicted octanol–water partition coefficient (Wildman–Crippen LogP) is 8.03. The number of carbonyl (C=O) groups excluding carboxylic acids is 3. The van der Waals surface area contributed by atoms with Gasteiger partial charge in [-0.25, -0.2) is 19.6 Å².